The maximum absolute atomic E-state index is 12.6. The van der Waals surface area contributed by atoms with Gasteiger partial charge in [-0.1, -0.05) is 90.9 Å². The van der Waals surface area contributed by atoms with E-state index in [0.717, 1.165) is 49.4 Å². The standard InChI is InChI=1S/C33H50N2O2/c1-3-5-7-8-9-10-11-12-13-14-16-28-25-34-32(35-26-28)29-21-23-31(24-22-29)37-33(36)30-19-17-27(18-20-30)15-6-4-2/h21-27,30H,3-20H2,1-2H3/t27-,30-. The first-order chi connectivity index (χ1) is 18.2. The van der Waals surface area contributed by atoms with Gasteiger partial charge in [0.15, 0.2) is 5.82 Å². The van der Waals surface area contributed by atoms with Gasteiger partial charge in [0.05, 0.1) is 5.92 Å². The van der Waals surface area contributed by atoms with Crippen molar-refractivity contribution in [1.29, 1.82) is 0 Å². The Bertz CT molecular complexity index is 870. The van der Waals surface area contributed by atoms with Crippen LogP contribution in [0.15, 0.2) is 36.7 Å². The Labute approximate surface area is 226 Å². The first-order valence-corrected chi connectivity index (χ1v) is 15.3. The van der Waals surface area contributed by atoms with Crippen molar-refractivity contribution in [1.82, 2.24) is 9.97 Å². The van der Waals surface area contributed by atoms with E-state index in [1.165, 1.54) is 89.0 Å². The fraction of sp³-hybridized carbons (Fsp3) is 0.667. The Kier molecular flexibility index (Phi) is 13.7. The Morgan fingerprint density at radius 2 is 1.32 bits per heavy atom. The Balaban J connectivity index is 1.33. The molecule has 0 atom stereocenters. The first kappa shape index (κ1) is 29.3. The van der Waals surface area contributed by atoms with Crippen LogP contribution in [0.4, 0.5) is 0 Å². The zero-order valence-electron chi connectivity index (χ0n) is 23.6. The van der Waals surface area contributed by atoms with Gasteiger partial charge >= 0.3 is 5.97 Å². The van der Waals surface area contributed by atoms with E-state index in [0.29, 0.717) is 5.75 Å². The van der Waals surface area contributed by atoms with Crippen LogP contribution in [0.1, 0.15) is 129 Å². The maximum atomic E-state index is 12.6. The van der Waals surface area contributed by atoms with Crippen LogP contribution in [0.2, 0.25) is 0 Å². The second kappa shape index (κ2) is 17.3. The number of aryl methyl sites for hydroxylation is 1. The van der Waals surface area contributed by atoms with E-state index in [1.807, 2.05) is 36.7 Å². The van der Waals surface area contributed by atoms with Crippen molar-refractivity contribution in [2.75, 3.05) is 0 Å². The SMILES string of the molecule is CCCCCCCCCCCCc1cnc(-c2ccc(OC(=O)[C@H]3CC[C@H](CCCC)CC3)cc2)nc1. The lowest BCUT2D eigenvalue weighted by Gasteiger charge is -2.27. The summed E-state index contributed by atoms with van der Waals surface area (Å²) in [6.07, 6.45) is 26.6. The minimum atomic E-state index is -0.0748. The van der Waals surface area contributed by atoms with Gasteiger partial charge in [-0.05, 0) is 74.3 Å². The van der Waals surface area contributed by atoms with Gasteiger partial charge in [0.25, 0.3) is 0 Å². The molecule has 1 heterocycles. The largest absolute Gasteiger partial charge is 0.426 e. The molecule has 4 nitrogen and oxygen atoms in total. The second-order valence-electron chi connectivity index (χ2n) is 11.2. The molecule has 0 bridgehead atoms. The summed E-state index contributed by atoms with van der Waals surface area (Å²) in [6.45, 7) is 4.52. The molecule has 204 valence electrons. The molecule has 0 unspecified atom stereocenters. The quantitative estimate of drug-likeness (QED) is 0.122. The van der Waals surface area contributed by atoms with E-state index in [1.54, 1.807) is 0 Å². The van der Waals surface area contributed by atoms with E-state index in [2.05, 4.69) is 23.8 Å². The number of hydrogen-bond donors (Lipinski definition) is 0. The van der Waals surface area contributed by atoms with Crippen LogP contribution in [0.5, 0.6) is 5.75 Å². The minimum absolute atomic E-state index is 0.0454. The molecule has 1 aromatic heterocycles. The van der Waals surface area contributed by atoms with Crippen molar-refractivity contribution >= 4 is 5.97 Å². The van der Waals surface area contributed by atoms with Crippen molar-refractivity contribution in [3.8, 4) is 17.1 Å². The number of ether oxygens (including phenoxy) is 1. The van der Waals surface area contributed by atoms with Crippen LogP contribution in [0, 0.1) is 11.8 Å². The van der Waals surface area contributed by atoms with E-state index in [4.69, 9.17) is 4.74 Å². The summed E-state index contributed by atoms with van der Waals surface area (Å²) in [5, 5.41) is 0. The highest BCUT2D eigenvalue weighted by Crippen LogP contribution is 2.33. The van der Waals surface area contributed by atoms with E-state index < -0.39 is 0 Å². The zero-order chi connectivity index (χ0) is 26.1. The molecule has 0 aliphatic heterocycles. The Morgan fingerprint density at radius 3 is 1.92 bits per heavy atom. The predicted molar refractivity (Wildman–Crippen MR) is 154 cm³/mol. The smallest absolute Gasteiger partial charge is 0.314 e. The molecule has 0 spiro atoms. The first-order valence-electron chi connectivity index (χ1n) is 15.3. The molecule has 0 saturated heterocycles. The number of rotatable bonds is 17. The molecule has 2 aromatic rings. The van der Waals surface area contributed by atoms with Gasteiger partial charge < -0.3 is 4.74 Å². The molecule has 1 aromatic carbocycles. The molecular formula is C33H50N2O2. The second-order valence-corrected chi connectivity index (χ2v) is 11.2. The van der Waals surface area contributed by atoms with Gasteiger partial charge in [-0.15, -0.1) is 0 Å². The van der Waals surface area contributed by atoms with Crippen molar-refractivity contribution < 1.29 is 9.53 Å². The highest BCUT2D eigenvalue weighted by molar-refractivity contribution is 5.75. The molecule has 1 saturated carbocycles. The monoisotopic (exact) mass is 506 g/mol. The average Bonchev–Trinajstić information content (AvgIpc) is 2.94. The van der Waals surface area contributed by atoms with E-state index in [-0.39, 0.29) is 11.9 Å². The molecule has 1 aliphatic rings. The fourth-order valence-electron chi connectivity index (χ4n) is 5.50. The lowest BCUT2D eigenvalue weighted by molar-refractivity contribution is -0.140. The summed E-state index contributed by atoms with van der Waals surface area (Å²) in [4.78, 5) is 21.8. The van der Waals surface area contributed by atoms with Crippen LogP contribution in [-0.4, -0.2) is 15.9 Å². The predicted octanol–water partition coefficient (Wildman–Crippen LogP) is 9.51. The van der Waals surface area contributed by atoms with Gasteiger partial charge in [0.2, 0.25) is 0 Å². The molecular weight excluding hydrogens is 456 g/mol. The number of unbranched alkanes of at least 4 members (excludes halogenated alkanes) is 10. The molecule has 1 aliphatic carbocycles. The van der Waals surface area contributed by atoms with Gasteiger partial charge in [0, 0.05) is 18.0 Å². The highest BCUT2D eigenvalue weighted by Gasteiger charge is 2.27. The topological polar surface area (TPSA) is 52.1 Å². The summed E-state index contributed by atoms with van der Waals surface area (Å²) in [5.74, 6) is 2.09. The summed E-state index contributed by atoms with van der Waals surface area (Å²) in [7, 11) is 0. The molecule has 3 rings (SSSR count). The van der Waals surface area contributed by atoms with Crippen molar-refractivity contribution in [3.63, 3.8) is 0 Å². The number of benzene rings is 1. The number of aromatic nitrogens is 2. The van der Waals surface area contributed by atoms with Gasteiger partial charge in [-0.2, -0.15) is 0 Å². The maximum Gasteiger partial charge on any atom is 0.314 e. The minimum Gasteiger partial charge on any atom is -0.426 e. The van der Waals surface area contributed by atoms with Crippen molar-refractivity contribution in [3.05, 3.63) is 42.2 Å². The summed E-state index contributed by atoms with van der Waals surface area (Å²) >= 11 is 0. The lowest BCUT2D eigenvalue weighted by Crippen LogP contribution is -2.25. The van der Waals surface area contributed by atoms with Gasteiger partial charge in [-0.3, -0.25) is 4.79 Å². The molecule has 37 heavy (non-hydrogen) atoms. The van der Waals surface area contributed by atoms with Crippen LogP contribution in [-0.2, 0) is 11.2 Å². The summed E-state index contributed by atoms with van der Waals surface area (Å²) < 4.78 is 5.70. The van der Waals surface area contributed by atoms with Crippen LogP contribution in [0.3, 0.4) is 0 Å². The summed E-state index contributed by atoms with van der Waals surface area (Å²) in [5.41, 5.74) is 2.15. The van der Waals surface area contributed by atoms with E-state index >= 15 is 0 Å². The summed E-state index contributed by atoms with van der Waals surface area (Å²) in [6, 6.07) is 7.62. The lowest BCUT2D eigenvalue weighted by atomic mass is 9.80. The number of carbonyl (C=O) groups is 1. The van der Waals surface area contributed by atoms with Crippen molar-refractivity contribution in [2.24, 2.45) is 11.8 Å². The third-order valence-corrected chi connectivity index (χ3v) is 8.00. The van der Waals surface area contributed by atoms with E-state index in [9.17, 15) is 4.79 Å². The molecule has 0 radical (unpaired) electrons. The van der Waals surface area contributed by atoms with Gasteiger partial charge in [-0.25, -0.2) is 9.97 Å². The van der Waals surface area contributed by atoms with Crippen LogP contribution in [0.25, 0.3) is 11.4 Å². The zero-order valence-corrected chi connectivity index (χ0v) is 23.6. The third-order valence-electron chi connectivity index (χ3n) is 8.00. The van der Waals surface area contributed by atoms with Crippen molar-refractivity contribution in [2.45, 2.75) is 129 Å². The Hall–Kier alpha value is -2.23. The molecule has 0 amide bonds. The number of carbonyl (C=O) groups excluding carboxylic acids is 1. The normalized spacial score (nSPS) is 17.6. The number of nitrogens with zero attached hydrogens (tertiary/aromatic N) is 2. The average molecular weight is 507 g/mol. The van der Waals surface area contributed by atoms with Crippen LogP contribution < -0.4 is 4.74 Å². The fourth-order valence-corrected chi connectivity index (χ4v) is 5.50. The molecule has 4 heteroatoms. The highest BCUT2D eigenvalue weighted by atomic mass is 16.5. The molecule has 1 fully saturated rings. The Morgan fingerprint density at radius 1 is 0.757 bits per heavy atom. The number of hydrogen-bond acceptors (Lipinski definition) is 4. The third kappa shape index (κ3) is 11.0. The number of esters is 1. The molecule has 0 N–H and O–H groups in total. The van der Waals surface area contributed by atoms with Gasteiger partial charge in [0.1, 0.15) is 5.75 Å². The van der Waals surface area contributed by atoms with Crippen LogP contribution >= 0.6 is 0 Å².